The molecule has 1 amide bonds. The van der Waals surface area contributed by atoms with Crippen LogP contribution in [0.5, 0.6) is 0 Å². The molecule has 31 heavy (non-hydrogen) atoms. The highest BCUT2D eigenvalue weighted by Crippen LogP contribution is 2.35. The first kappa shape index (κ1) is 21.9. The number of hydrogen-bond donors (Lipinski definition) is 1. The van der Waals surface area contributed by atoms with Gasteiger partial charge in [-0.15, -0.1) is 0 Å². The number of nitrogens with one attached hydrogen (secondary N) is 1. The normalized spacial score (nSPS) is 23.4. The molecule has 4 rings (SSSR count). The quantitative estimate of drug-likeness (QED) is 0.757. The summed E-state index contributed by atoms with van der Waals surface area (Å²) >= 11 is 0. The van der Waals surface area contributed by atoms with Crippen LogP contribution in [-0.4, -0.2) is 33.1 Å². The lowest BCUT2D eigenvalue weighted by Crippen LogP contribution is -2.40. The van der Waals surface area contributed by atoms with Gasteiger partial charge in [-0.2, -0.15) is 0 Å². The standard InChI is InChI=1S/C23H34N4O4/c1-14(2)16-12-19(30-13-16)21(24-22(28)18-10-11-31-25-18)20-15(3)26(4)27(23(20)29)17-8-6-5-7-9-17/h10-11,14,16-17,19,21H,5-9,12-13H2,1-4H3,(H,24,28)/t16-,19+,21?/m1/s1. The molecule has 1 N–H and O–H groups in total. The van der Waals surface area contributed by atoms with Crippen LogP contribution < -0.4 is 10.9 Å². The summed E-state index contributed by atoms with van der Waals surface area (Å²) in [5.74, 6) is 0.524. The summed E-state index contributed by atoms with van der Waals surface area (Å²) in [5, 5.41) is 6.81. The minimum atomic E-state index is -0.531. The fourth-order valence-corrected chi connectivity index (χ4v) is 5.12. The average Bonchev–Trinajstić information content (AvgIpc) is 3.49. The van der Waals surface area contributed by atoms with E-state index in [4.69, 9.17) is 9.26 Å². The van der Waals surface area contributed by atoms with Crippen molar-refractivity contribution in [3.63, 3.8) is 0 Å². The molecule has 0 bridgehead atoms. The average molecular weight is 431 g/mol. The second-order valence-corrected chi connectivity index (χ2v) is 9.41. The summed E-state index contributed by atoms with van der Waals surface area (Å²) in [6, 6.07) is 1.20. The molecule has 3 heterocycles. The van der Waals surface area contributed by atoms with Crippen LogP contribution in [0.1, 0.15) is 86.2 Å². The summed E-state index contributed by atoms with van der Waals surface area (Å²) in [7, 11) is 1.94. The molecule has 8 nitrogen and oxygen atoms in total. The zero-order valence-corrected chi connectivity index (χ0v) is 19.0. The van der Waals surface area contributed by atoms with Crippen molar-refractivity contribution in [3.8, 4) is 0 Å². The zero-order valence-electron chi connectivity index (χ0n) is 19.0. The maximum atomic E-state index is 13.7. The van der Waals surface area contributed by atoms with Crippen molar-refractivity contribution in [1.82, 2.24) is 19.8 Å². The van der Waals surface area contributed by atoms with Gasteiger partial charge >= 0.3 is 0 Å². The smallest absolute Gasteiger partial charge is 0.274 e. The highest BCUT2D eigenvalue weighted by atomic mass is 16.5. The van der Waals surface area contributed by atoms with Gasteiger partial charge < -0.3 is 14.6 Å². The number of nitrogens with zero attached hydrogens (tertiary/aromatic N) is 3. The van der Waals surface area contributed by atoms with Crippen LogP contribution in [0.15, 0.2) is 21.6 Å². The molecule has 3 atom stereocenters. The Balaban J connectivity index is 1.71. The van der Waals surface area contributed by atoms with Crippen LogP contribution in [0.4, 0.5) is 0 Å². The van der Waals surface area contributed by atoms with E-state index in [0.29, 0.717) is 24.0 Å². The second-order valence-electron chi connectivity index (χ2n) is 9.41. The van der Waals surface area contributed by atoms with Gasteiger partial charge in [-0.25, -0.2) is 4.68 Å². The van der Waals surface area contributed by atoms with Crippen molar-refractivity contribution in [2.75, 3.05) is 6.61 Å². The Bertz CT molecular complexity index is 953. The lowest BCUT2D eigenvalue weighted by atomic mass is 9.89. The predicted octanol–water partition coefficient (Wildman–Crippen LogP) is 3.52. The van der Waals surface area contributed by atoms with Crippen molar-refractivity contribution in [2.45, 2.75) is 77.5 Å². The highest BCUT2D eigenvalue weighted by Gasteiger charge is 2.39. The number of amides is 1. The van der Waals surface area contributed by atoms with E-state index >= 15 is 0 Å². The monoisotopic (exact) mass is 430 g/mol. The molecule has 170 valence electrons. The number of hydrogen-bond acceptors (Lipinski definition) is 5. The van der Waals surface area contributed by atoms with Crippen molar-refractivity contribution >= 4 is 5.91 Å². The molecule has 0 spiro atoms. The third-order valence-corrected chi connectivity index (χ3v) is 7.20. The number of ether oxygens (including phenoxy) is 1. The lowest BCUT2D eigenvalue weighted by Gasteiger charge is -2.24. The van der Waals surface area contributed by atoms with Gasteiger partial charge in [0.25, 0.3) is 11.5 Å². The Morgan fingerprint density at radius 1 is 1.26 bits per heavy atom. The van der Waals surface area contributed by atoms with E-state index in [-0.39, 0.29) is 29.3 Å². The van der Waals surface area contributed by atoms with Gasteiger partial charge in [0.05, 0.1) is 30.4 Å². The molecule has 0 aromatic carbocycles. The highest BCUT2D eigenvalue weighted by molar-refractivity contribution is 5.92. The van der Waals surface area contributed by atoms with Crippen LogP contribution in [0.2, 0.25) is 0 Å². The topological polar surface area (TPSA) is 91.3 Å². The molecule has 2 aromatic heterocycles. The van der Waals surface area contributed by atoms with Crippen molar-refractivity contribution in [2.24, 2.45) is 18.9 Å². The molecule has 1 unspecified atom stereocenters. The Labute approximate surface area is 182 Å². The Morgan fingerprint density at radius 2 is 2.00 bits per heavy atom. The van der Waals surface area contributed by atoms with E-state index in [9.17, 15) is 9.59 Å². The predicted molar refractivity (Wildman–Crippen MR) is 116 cm³/mol. The maximum Gasteiger partial charge on any atom is 0.274 e. The SMILES string of the molecule is Cc1c(C(NC(=O)c2ccon2)[C@@H]2C[C@@H](C(C)C)CO2)c(=O)n(C2CCCCC2)n1C. The molecule has 2 aromatic rings. The number of carbonyl (C=O) groups excluding carboxylic acids is 1. The lowest BCUT2D eigenvalue weighted by molar-refractivity contribution is 0.0640. The molecule has 1 saturated heterocycles. The van der Waals surface area contributed by atoms with Gasteiger partial charge in [0.1, 0.15) is 6.26 Å². The van der Waals surface area contributed by atoms with E-state index in [0.717, 1.165) is 37.8 Å². The molecule has 1 saturated carbocycles. The Kier molecular flexibility index (Phi) is 6.36. The van der Waals surface area contributed by atoms with Gasteiger partial charge in [-0.3, -0.25) is 14.3 Å². The van der Waals surface area contributed by atoms with Gasteiger partial charge in [-0.1, -0.05) is 38.3 Å². The molecule has 0 radical (unpaired) electrons. The van der Waals surface area contributed by atoms with Gasteiger partial charge in [-0.05, 0) is 38.0 Å². The largest absolute Gasteiger partial charge is 0.375 e. The van der Waals surface area contributed by atoms with Crippen molar-refractivity contribution in [3.05, 3.63) is 39.6 Å². The van der Waals surface area contributed by atoms with Crippen LogP contribution in [0.25, 0.3) is 0 Å². The van der Waals surface area contributed by atoms with E-state index in [1.807, 2.05) is 23.3 Å². The first-order valence-electron chi connectivity index (χ1n) is 11.5. The minimum Gasteiger partial charge on any atom is -0.375 e. The number of rotatable bonds is 6. The van der Waals surface area contributed by atoms with Gasteiger partial charge in [0, 0.05) is 18.8 Å². The van der Waals surface area contributed by atoms with Crippen LogP contribution in [0, 0.1) is 18.8 Å². The van der Waals surface area contributed by atoms with Crippen LogP contribution >= 0.6 is 0 Å². The van der Waals surface area contributed by atoms with E-state index < -0.39 is 6.04 Å². The number of carbonyl (C=O) groups is 1. The third-order valence-electron chi connectivity index (χ3n) is 7.20. The number of aromatic nitrogens is 3. The molecule has 8 heteroatoms. The summed E-state index contributed by atoms with van der Waals surface area (Å²) in [6.07, 6.45) is 7.47. The summed E-state index contributed by atoms with van der Waals surface area (Å²) in [4.78, 5) is 26.6. The van der Waals surface area contributed by atoms with E-state index in [2.05, 4.69) is 24.3 Å². The van der Waals surface area contributed by atoms with Crippen molar-refractivity contribution in [1.29, 1.82) is 0 Å². The summed E-state index contributed by atoms with van der Waals surface area (Å²) < 4.78 is 14.9. The molecule has 1 aliphatic carbocycles. The molecule has 1 aliphatic heterocycles. The Morgan fingerprint density at radius 3 is 2.61 bits per heavy atom. The van der Waals surface area contributed by atoms with E-state index in [1.165, 1.54) is 18.8 Å². The first-order chi connectivity index (χ1) is 14.9. The van der Waals surface area contributed by atoms with Crippen molar-refractivity contribution < 1.29 is 14.1 Å². The molecule has 2 aliphatic rings. The van der Waals surface area contributed by atoms with Crippen LogP contribution in [-0.2, 0) is 11.8 Å². The minimum absolute atomic E-state index is 0.0195. The zero-order chi connectivity index (χ0) is 22.1. The van der Waals surface area contributed by atoms with E-state index in [1.54, 1.807) is 0 Å². The molecule has 2 fully saturated rings. The van der Waals surface area contributed by atoms with Gasteiger partial charge in [0.2, 0.25) is 0 Å². The van der Waals surface area contributed by atoms with Crippen LogP contribution in [0.3, 0.4) is 0 Å². The fourth-order valence-electron chi connectivity index (χ4n) is 5.12. The Hall–Kier alpha value is -2.35. The second kappa shape index (κ2) is 9.02. The molecular weight excluding hydrogens is 396 g/mol. The summed E-state index contributed by atoms with van der Waals surface area (Å²) in [5.41, 5.74) is 1.68. The fraction of sp³-hybridized carbons (Fsp3) is 0.696. The van der Waals surface area contributed by atoms with Gasteiger partial charge in [0.15, 0.2) is 5.69 Å². The first-order valence-corrected chi connectivity index (χ1v) is 11.5. The maximum absolute atomic E-state index is 13.7. The third kappa shape index (κ3) is 4.22. The molecular formula is C23H34N4O4. The summed E-state index contributed by atoms with van der Waals surface area (Å²) in [6.45, 7) is 6.97.